The summed E-state index contributed by atoms with van der Waals surface area (Å²) in [6.45, 7) is 19.6. The van der Waals surface area contributed by atoms with Crippen molar-refractivity contribution >= 4 is 34.5 Å². The van der Waals surface area contributed by atoms with E-state index in [4.69, 9.17) is 4.74 Å². The van der Waals surface area contributed by atoms with E-state index in [2.05, 4.69) is 28.4 Å². The lowest BCUT2D eigenvalue weighted by atomic mass is 9.92. The van der Waals surface area contributed by atoms with Gasteiger partial charge in [-0.3, -0.25) is 4.79 Å². The van der Waals surface area contributed by atoms with Gasteiger partial charge in [0, 0.05) is 53.9 Å². The van der Waals surface area contributed by atoms with E-state index in [-0.39, 0.29) is 28.8 Å². The van der Waals surface area contributed by atoms with Gasteiger partial charge in [-0.2, -0.15) is 11.8 Å². The van der Waals surface area contributed by atoms with Gasteiger partial charge in [-0.15, -0.1) is 0 Å². The summed E-state index contributed by atoms with van der Waals surface area (Å²) in [5.41, 5.74) is 5.47. The number of phenols is 2. The Balaban J connectivity index is 1.53. The van der Waals surface area contributed by atoms with Gasteiger partial charge >= 0.3 is 0 Å². The Morgan fingerprint density at radius 1 is 1.15 bits per heavy atom. The van der Waals surface area contributed by atoms with Crippen molar-refractivity contribution in [1.82, 2.24) is 4.90 Å². The molecule has 1 aromatic rings. The van der Waals surface area contributed by atoms with E-state index in [0.29, 0.717) is 34.9 Å². The molecule has 3 aliphatic rings. The second-order valence-corrected chi connectivity index (χ2v) is 13.3. The molecule has 1 saturated heterocycles. The normalized spacial score (nSPS) is 18.9. The molecule has 2 aliphatic heterocycles. The Morgan fingerprint density at radius 2 is 1.85 bits per heavy atom. The fraction of sp³-hybridized carbons (Fsp3) is 0.421. The van der Waals surface area contributed by atoms with Crippen molar-refractivity contribution in [3.8, 4) is 11.5 Å². The number of aromatic hydroxyl groups is 2. The number of anilines is 1. The van der Waals surface area contributed by atoms with Gasteiger partial charge in [-0.05, 0) is 80.5 Å². The highest BCUT2D eigenvalue weighted by Gasteiger charge is 2.27. The summed E-state index contributed by atoms with van der Waals surface area (Å²) in [4.78, 5) is 19.6. The predicted octanol–water partition coefficient (Wildman–Crippen LogP) is 9.03. The summed E-state index contributed by atoms with van der Waals surface area (Å²) in [6.07, 6.45) is 13.8. The second-order valence-electron chi connectivity index (χ2n) is 12.0. The number of aliphatic imine (C=N–C) groups is 1. The number of Topliss-reactive ketones (excluding diaryl/α,β-unsaturated/α-hetero) is 1. The minimum absolute atomic E-state index is 0.170. The molecule has 8 heteroatoms. The molecule has 7 nitrogen and oxygen atoms in total. The van der Waals surface area contributed by atoms with E-state index in [1.54, 1.807) is 12.1 Å². The minimum atomic E-state index is -0.318. The summed E-state index contributed by atoms with van der Waals surface area (Å²) in [6, 6.07) is 3.43. The van der Waals surface area contributed by atoms with Gasteiger partial charge in [-0.25, -0.2) is 4.99 Å². The highest BCUT2D eigenvalue weighted by Crippen LogP contribution is 2.44. The molecule has 0 bridgehead atoms. The lowest BCUT2D eigenvalue weighted by Gasteiger charge is -2.33. The maximum absolute atomic E-state index is 12.8. The van der Waals surface area contributed by atoms with Crippen molar-refractivity contribution < 1.29 is 19.7 Å². The lowest BCUT2D eigenvalue weighted by Crippen LogP contribution is -2.33. The number of nitrogens with zero attached hydrogens (tertiary/aromatic N) is 2. The Hall–Kier alpha value is -3.91. The fourth-order valence-electron chi connectivity index (χ4n) is 6.16. The van der Waals surface area contributed by atoms with E-state index in [1.165, 1.54) is 25.7 Å². The van der Waals surface area contributed by atoms with Crippen molar-refractivity contribution in [3.05, 3.63) is 94.9 Å². The van der Waals surface area contributed by atoms with Gasteiger partial charge in [0.1, 0.15) is 11.6 Å². The third kappa shape index (κ3) is 8.27. The molecular formula is C38H49N3O4S. The number of ether oxygens (including phenoxy) is 1. The zero-order valence-electron chi connectivity index (χ0n) is 28.0. The molecule has 0 atom stereocenters. The third-order valence-electron chi connectivity index (χ3n) is 8.93. The zero-order valence-corrected chi connectivity index (χ0v) is 28.9. The molecule has 0 spiro atoms. The van der Waals surface area contributed by atoms with E-state index in [1.807, 2.05) is 70.7 Å². The Kier molecular flexibility index (Phi) is 12.2. The number of carbonyl (C=O) groups is 1. The van der Waals surface area contributed by atoms with Gasteiger partial charge in [-0.1, -0.05) is 57.9 Å². The Morgan fingerprint density at radius 3 is 2.48 bits per heavy atom. The van der Waals surface area contributed by atoms with Crippen LogP contribution in [0.4, 0.5) is 5.69 Å². The van der Waals surface area contributed by atoms with Crippen LogP contribution in [-0.4, -0.2) is 51.2 Å². The molecular weight excluding hydrogens is 595 g/mol. The number of carbonyl (C=O) groups excluding carboxylic acids is 1. The number of nitrogens with one attached hydrogen (secondary N) is 1. The topological polar surface area (TPSA) is 94.4 Å². The molecule has 0 amide bonds. The fourth-order valence-corrected chi connectivity index (χ4v) is 7.06. The maximum Gasteiger partial charge on any atom is 0.196 e. The van der Waals surface area contributed by atoms with Crippen LogP contribution in [0.25, 0.3) is 5.57 Å². The first-order chi connectivity index (χ1) is 22.1. The van der Waals surface area contributed by atoms with Crippen molar-refractivity contribution in [3.63, 3.8) is 0 Å². The third-order valence-corrected chi connectivity index (χ3v) is 9.87. The second kappa shape index (κ2) is 16.1. The quantitative estimate of drug-likeness (QED) is 0.0906. The summed E-state index contributed by atoms with van der Waals surface area (Å²) in [5.74, 6) is 3.84. The molecule has 246 valence electrons. The van der Waals surface area contributed by atoms with Crippen molar-refractivity contribution in [1.29, 1.82) is 0 Å². The van der Waals surface area contributed by atoms with Crippen LogP contribution < -0.4 is 5.32 Å². The van der Waals surface area contributed by atoms with Crippen LogP contribution in [0, 0.1) is 5.92 Å². The van der Waals surface area contributed by atoms with Crippen LogP contribution in [-0.2, 0) is 9.53 Å². The molecule has 2 heterocycles. The first-order valence-electron chi connectivity index (χ1n) is 16.3. The van der Waals surface area contributed by atoms with Crippen molar-refractivity contribution in [2.24, 2.45) is 10.9 Å². The first-order valence-corrected chi connectivity index (χ1v) is 17.5. The summed E-state index contributed by atoms with van der Waals surface area (Å²) in [7, 11) is 0. The highest BCUT2D eigenvalue weighted by molar-refractivity contribution is 7.99. The number of thioether (sulfide) groups is 1. The standard InChI is InChI=1S/C38H49N3O4S/c1-8-29(23-30(34(42)10-3)22-28-13-11-12-14-28)26(6)39-27(7)40-33-16-15-32(36(43)37(33)44)31(9-2)38-25(5)24(4)21-35(45-38)41-17-19-46-20-18-41/h8-9,15-16,21,23,28,40,43-44H,4,7,10-14,17-20,22H2,1-3,5-6H3/b29-8-,30-23+,31-9-,39-26-. The van der Waals surface area contributed by atoms with E-state index < -0.39 is 0 Å². The minimum Gasteiger partial charge on any atom is -0.504 e. The van der Waals surface area contributed by atoms with Crippen molar-refractivity contribution in [2.45, 2.75) is 73.1 Å². The molecule has 2 fully saturated rings. The van der Waals surface area contributed by atoms with Crippen LogP contribution >= 0.6 is 11.8 Å². The van der Waals surface area contributed by atoms with E-state index in [0.717, 1.165) is 59.2 Å². The number of allylic oxidation sites excluding steroid dienone is 9. The average molecular weight is 644 g/mol. The number of hydrogen-bond donors (Lipinski definition) is 3. The van der Waals surface area contributed by atoms with Crippen LogP contribution in [0.5, 0.6) is 11.5 Å². The SMILES string of the molecule is C=C(\N=C(C)/C(=C\C)/C=C(\CC1CCCC1)C(=O)CC)Nc1ccc(/C(=C/C)C2=C(C)C(=C)C=C(N3CCSCC3)O2)c(O)c1O. The summed E-state index contributed by atoms with van der Waals surface area (Å²) >= 11 is 1.93. The number of rotatable bonds is 12. The number of phenolic OH excluding ortho intramolecular Hbond substituents is 2. The smallest absolute Gasteiger partial charge is 0.196 e. The van der Waals surface area contributed by atoms with Gasteiger partial charge in [0.05, 0.1) is 5.69 Å². The molecule has 4 rings (SSSR count). The van der Waals surface area contributed by atoms with E-state index >= 15 is 0 Å². The van der Waals surface area contributed by atoms with Gasteiger partial charge < -0.3 is 25.2 Å². The Labute approximate surface area is 278 Å². The van der Waals surface area contributed by atoms with Crippen molar-refractivity contribution in [2.75, 3.05) is 29.9 Å². The lowest BCUT2D eigenvalue weighted by molar-refractivity contribution is -0.115. The van der Waals surface area contributed by atoms with E-state index in [9.17, 15) is 15.0 Å². The molecule has 1 saturated carbocycles. The van der Waals surface area contributed by atoms with Crippen LogP contribution in [0.3, 0.4) is 0 Å². The van der Waals surface area contributed by atoms with Gasteiger partial charge in [0.25, 0.3) is 0 Å². The van der Waals surface area contributed by atoms with Crippen LogP contribution in [0.1, 0.15) is 78.7 Å². The summed E-state index contributed by atoms with van der Waals surface area (Å²) in [5, 5.41) is 25.3. The summed E-state index contributed by atoms with van der Waals surface area (Å²) < 4.78 is 6.43. The largest absolute Gasteiger partial charge is 0.504 e. The molecule has 3 N–H and O–H groups in total. The first kappa shape index (κ1) is 35.0. The molecule has 0 radical (unpaired) electrons. The zero-order chi connectivity index (χ0) is 33.4. The van der Waals surface area contributed by atoms with Crippen LogP contribution in [0.2, 0.25) is 0 Å². The average Bonchev–Trinajstić information content (AvgIpc) is 3.57. The monoisotopic (exact) mass is 643 g/mol. The molecule has 1 aromatic carbocycles. The maximum atomic E-state index is 12.8. The number of benzene rings is 1. The number of hydrogen-bond acceptors (Lipinski definition) is 8. The Bertz CT molecular complexity index is 1550. The highest BCUT2D eigenvalue weighted by atomic mass is 32.2. The van der Waals surface area contributed by atoms with Gasteiger partial charge in [0.2, 0.25) is 0 Å². The number of ketones is 1. The molecule has 0 aromatic heterocycles. The molecule has 1 aliphatic carbocycles. The predicted molar refractivity (Wildman–Crippen MR) is 193 cm³/mol. The molecule has 0 unspecified atom stereocenters. The van der Waals surface area contributed by atoms with Crippen LogP contribution in [0.15, 0.2) is 94.3 Å². The molecule has 46 heavy (non-hydrogen) atoms. The van der Waals surface area contributed by atoms with Gasteiger partial charge in [0.15, 0.2) is 23.2 Å².